The van der Waals surface area contributed by atoms with E-state index < -0.39 is 0 Å². The minimum atomic E-state index is -0.376. The van der Waals surface area contributed by atoms with Crippen molar-refractivity contribution >= 4 is 11.8 Å². The second-order valence-electron chi connectivity index (χ2n) is 5.62. The van der Waals surface area contributed by atoms with Gasteiger partial charge in [0.1, 0.15) is 0 Å². The Morgan fingerprint density at radius 1 is 1.25 bits per heavy atom. The zero-order valence-electron chi connectivity index (χ0n) is 11.4. The van der Waals surface area contributed by atoms with Gasteiger partial charge in [-0.25, -0.2) is 0 Å². The predicted octanol–water partition coefficient (Wildman–Crippen LogP) is -0.223. The smallest absolute Gasteiger partial charge is 0.239 e. The maximum Gasteiger partial charge on any atom is 0.239 e. The van der Waals surface area contributed by atoms with Crippen molar-refractivity contribution in [2.75, 3.05) is 32.7 Å². The number of amides is 2. The molecular formula is C15H19N3O2. The minimum Gasteiger partial charge on any atom is -0.353 e. The number of rotatable bonds is 3. The molecule has 5 heteroatoms. The summed E-state index contributed by atoms with van der Waals surface area (Å²) in [6.45, 7) is 2.74. The first kappa shape index (κ1) is 13.1. The zero-order valence-corrected chi connectivity index (χ0v) is 11.4. The van der Waals surface area contributed by atoms with Gasteiger partial charge >= 0.3 is 0 Å². The first-order valence-corrected chi connectivity index (χ1v) is 7.00. The van der Waals surface area contributed by atoms with E-state index in [2.05, 4.69) is 22.8 Å². The van der Waals surface area contributed by atoms with Gasteiger partial charge in [0.05, 0.1) is 12.0 Å². The Bertz CT molecular complexity index is 511. The lowest BCUT2D eigenvalue weighted by Gasteiger charge is -2.45. The van der Waals surface area contributed by atoms with Crippen LogP contribution in [0.1, 0.15) is 5.56 Å². The monoisotopic (exact) mass is 273 g/mol. The maximum absolute atomic E-state index is 12.8. The zero-order chi connectivity index (χ0) is 14.0. The Balaban J connectivity index is 1.75. The van der Waals surface area contributed by atoms with Gasteiger partial charge in [0, 0.05) is 26.2 Å². The van der Waals surface area contributed by atoms with Gasteiger partial charge < -0.3 is 15.5 Å². The third-order valence-corrected chi connectivity index (χ3v) is 4.09. The molecule has 0 bridgehead atoms. The second kappa shape index (κ2) is 5.25. The molecule has 0 saturated carbocycles. The summed E-state index contributed by atoms with van der Waals surface area (Å²) in [5.74, 6) is 0.0432. The number of piperazine rings is 1. The van der Waals surface area contributed by atoms with Gasteiger partial charge in [-0.3, -0.25) is 9.59 Å². The lowest BCUT2D eigenvalue weighted by atomic mass is 9.75. The summed E-state index contributed by atoms with van der Waals surface area (Å²) in [6.07, 6.45) is 0.734. The van der Waals surface area contributed by atoms with Crippen molar-refractivity contribution in [3.63, 3.8) is 0 Å². The average Bonchev–Trinajstić information content (AvgIpc) is 2.43. The second-order valence-corrected chi connectivity index (χ2v) is 5.62. The molecule has 5 nitrogen and oxygen atoms in total. The first-order chi connectivity index (χ1) is 9.70. The Morgan fingerprint density at radius 2 is 2.00 bits per heavy atom. The average molecular weight is 273 g/mol. The number of carbonyl (C=O) groups is 2. The van der Waals surface area contributed by atoms with Gasteiger partial charge in [0.2, 0.25) is 11.8 Å². The van der Waals surface area contributed by atoms with Gasteiger partial charge in [-0.05, 0) is 12.0 Å². The molecule has 1 aromatic carbocycles. The SMILES string of the molecule is O=C1CN(C(=O)C2(Cc3ccccc3)CNC2)CCN1. The van der Waals surface area contributed by atoms with Gasteiger partial charge in [0.15, 0.2) is 0 Å². The molecule has 2 aliphatic heterocycles. The number of hydrogen-bond acceptors (Lipinski definition) is 3. The number of nitrogens with one attached hydrogen (secondary N) is 2. The van der Waals surface area contributed by atoms with E-state index in [0.29, 0.717) is 26.2 Å². The Kier molecular flexibility index (Phi) is 3.44. The maximum atomic E-state index is 12.8. The summed E-state index contributed by atoms with van der Waals surface area (Å²) in [5.41, 5.74) is 0.794. The van der Waals surface area contributed by atoms with Crippen LogP contribution in [-0.2, 0) is 16.0 Å². The van der Waals surface area contributed by atoms with Crippen LogP contribution in [0.15, 0.2) is 30.3 Å². The summed E-state index contributed by atoms with van der Waals surface area (Å²) >= 11 is 0. The van der Waals surface area contributed by atoms with Gasteiger partial charge in [0.25, 0.3) is 0 Å². The molecule has 2 N–H and O–H groups in total. The Labute approximate surface area is 118 Å². The standard InChI is InChI=1S/C15H19N3O2/c19-13-9-18(7-6-17-13)14(20)15(10-16-11-15)8-12-4-2-1-3-5-12/h1-5,16H,6-11H2,(H,17,19). The highest BCUT2D eigenvalue weighted by molar-refractivity contribution is 5.90. The highest BCUT2D eigenvalue weighted by atomic mass is 16.2. The molecular weight excluding hydrogens is 254 g/mol. The molecule has 0 unspecified atom stereocenters. The molecule has 3 rings (SSSR count). The van der Waals surface area contributed by atoms with Crippen LogP contribution in [0, 0.1) is 5.41 Å². The fourth-order valence-electron chi connectivity index (χ4n) is 2.91. The van der Waals surface area contributed by atoms with Crippen LogP contribution in [0.2, 0.25) is 0 Å². The van der Waals surface area contributed by atoms with E-state index in [-0.39, 0.29) is 23.8 Å². The number of nitrogens with zero attached hydrogens (tertiary/aromatic N) is 1. The molecule has 2 fully saturated rings. The number of carbonyl (C=O) groups excluding carboxylic acids is 2. The summed E-state index contributed by atoms with van der Waals surface area (Å²) in [5, 5.41) is 5.96. The van der Waals surface area contributed by atoms with Crippen molar-refractivity contribution < 1.29 is 9.59 Å². The van der Waals surface area contributed by atoms with Crippen molar-refractivity contribution in [3.05, 3.63) is 35.9 Å². The van der Waals surface area contributed by atoms with Crippen LogP contribution in [0.4, 0.5) is 0 Å². The van der Waals surface area contributed by atoms with E-state index in [1.807, 2.05) is 18.2 Å². The molecule has 0 spiro atoms. The number of benzene rings is 1. The van der Waals surface area contributed by atoms with Gasteiger partial charge in [-0.2, -0.15) is 0 Å². The molecule has 1 aromatic rings. The largest absolute Gasteiger partial charge is 0.353 e. The quantitative estimate of drug-likeness (QED) is 0.800. The van der Waals surface area contributed by atoms with E-state index in [0.717, 1.165) is 6.42 Å². The Morgan fingerprint density at radius 3 is 2.60 bits per heavy atom. The normalized spacial score (nSPS) is 21.0. The lowest BCUT2D eigenvalue weighted by Crippen LogP contribution is -2.65. The van der Waals surface area contributed by atoms with E-state index in [4.69, 9.17) is 0 Å². The summed E-state index contributed by atoms with van der Waals surface area (Å²) < 4.78 is 0. The van der Waals surface area contributed by atoms with Crippen molar-refractivity contribution in [3.8, 4) is 0 Å². The van der Waals surface area contributed by atoms with Crippen molar-refractivity contribution in [1.29, 1.82) is 0 Å². The minimum absolute atomic E-state index is 0.0632. The first-order valence-electron chi connectivity index (χ1n) is 7.00. The molecule has 2 amide bonds. The Hall–Kier alpha value is -1.88. The predicted molar refractivity (Wildman–Crippen MR) is 75.0 cm³/mol. The van der Waals surface area contributed by atoms with E-state index in [1.165, 1.54) is 5.56 Å². The summed E-state index contributed by atoms with van der Waals surface area (Å²) in [7, 11) is 0. The van der Waals surface area contributed by atoms with Crippen LogP contribution in [0.25, 0.3) is 0 Å². The molecule has 2 saturated heterocycles. The van der Waals surface area contributed by atoms with Crippen molar-refractivity contribution in [2.45, 2.75) is 6.42 Å². The van der Waals surface area contributed by atoms with Crippen LogP contribution >= 0.6 is 0 Å². The highest BCUT2D eigenvalue weighted by Gasteiger charge is 2.46. The van der Waals surface area contributed by atoms with Crippen molar-refractivity contribution in [1.82, 2.24) is 15.5 Å². The van der Waals surface area contributed by atoms with Crippen molar-refractivity contribution in [2.24, 2.45) is 5.41 Å². The lowest BCUT2D eigenvalue weighted by molar-refractivity contribution is -0.149. The van der Waals surface area contributed by atoms with Crippen LogP contribution in [0.5, 0.6) is 0 Å². The third-order valence-electron chi connectivity index (χ3n) is 4.09. The van der Waals surface area contributed by atoms with E-state index in [1.54, 1.807) is 4.90 Å². The topological polar surface area (TPSA) is 61.4 Å². The van der Waals surface area contributed by atoms with E-state index in [9.17, 15) is 9.59 Å². The third kappa shape index (κ3) is 2.41. The molecule has 0 atom stereocenters. The van der Waals surface area contributed by atoms with Gasteiger partial charge in [-0.15, -0.1) is 0 Å². The van der Waals surface area contributed by atoms with Crippen LogP contribution in [0.3, 0.4) is 0 Å². The fraction of sp³-hybridized carbons (Fsp3) is 0.467. The molecule has 106 valence electrons. The summed E-state index contributed by atoms with van der Waals surface area (Å²) in [6, 6.07) is 10.1. The summed E-state index contributed by atoms with van der Waals surface area (Å²) in [4.78, 5) is 25.9. The molecule has 2 heterocycles. The molecule has 0 radical (unpaired) electrons. The van der Waals surface area contributed by atoms with E-state index >= 15 is 0 Å². The van der Waals surface area contributed by atoms with Crippen LogP contribution in [-0.4, -0.2) is 49.4 Å². The van der Waals surface area contributed by atoms with Gasteiger partial charge in [-0.1, -0.05) is 30.3 Å². The molecule has 20 heavy (non-hydrogen) atoms. The molecule has 0 aromatic heterocycles. The fourth-order valence-corrected chi connectivity index (χ4v) is 2.91. The molecule has 2 aliphatic rings. The number of hydrogen-bond donors (Lipinski definition) is 2. The highest BCUT2D eigenvalue weighted by Crippen LogP contribution is 2.30. The molecule has 0 aliphatic carbocycles. The van der Waals surface area contributed by atoms with Crippen LogP contribution < -0.4 is 10.6 Å².